The SMILES string of the molecule is COc1ccc(-c2nnc(CCNC(=O)c3cccc(OC)c3)o2)cc1. The molecule has 0 atom stereocenters. The van der Waals surface area contributed by atoms with Gasteiger partial charge in [0, 0.05) is 24.1 Å². The Labute approximate surface area is 151 Å². The number of ether oxygens (including phenoxy) is 2. The second kappa shape index (κ2) is 8.15. The molecule has 3 rings (SSSR count). The zero-order valence-corrected chi connectivity index (χ0v) is 14.6. The predicted octanol–water partition coefficient (Wildman–Crippen LogP) is 2.73. The largest absolute Gasteiger partial charge is 0.497 e. The summed E-state index contributed by atoms with van der Waals surface area (Å²) in [5, 5.41) is 10.9. The lowest BCUT2D eigenvalue weighted by molar-refractivity contribution is 0.0953. The third kappa shape index (κ3) is 4.18. The second-order valence-corrected chi connectivity index (χ2v) is 5.47. The Morgan fingerprint density at radius 2 is 1.81 bits per heavy atom. The van der Waals surface area contributed by atoms with E-state index in [1.807, 2.05) is 24.3 Å². The Hall–Kier alpha value is -3.35. The number of hydrogen-bond acceptors (Lipinski definition) is 6. The first-order chi connectivity index (χ1) is 12.7. The summed E-state index contributed by atoms with van der Waals surface area (Å²) < 4.78 is 15.9. The highest BCUT2D eigenvalue weighted by Gasteiger charge is 2.10. The molecule has 0 fully saturated rings. The van der Waals surface area contributed by atoms with Crippen molar-refractivity contribution in [3.05, 3.63) is 60.0 Å². The molecule has 7 nitrogen and oxygen atoms in total. The first-order valence-electron chi connectivity index (χ1n) is 8.08. The Morgan fingerprint density at radius 3 is 2.54 bits per heavy atom. The van der Waals surface area contributed by atoms with Gasteiger partial charge in [0.15, 0.2) is 0 Å². The number of nitrogens with one attached hydrogen (secondary N) is 1. The number of carbonyl (C=O) groups excluding carboxylic acids is 1. The van der Waals surface area contributed by atoms with E-state index in [0.717, 1.165) is 11.3 Å². The molecule has 0 aliphatic rings. The standard InChI is InChI=1S/C19H19N3O4/c1-24-15-8-6-13(7-9-15)19-22-21-17(26-19)10-11-20-18(23)14-4-3-5-16(12-14)25-2/h3-9,12H,10-11H2,1-2H3,(H,20,23). The van der Waals surface area contributed by atoms with Crippen molar-refractivity contribution in [2.75, 3.05) is 20.8 Å². The third-order valence-electron chi connectivity index (χ3n) is 3.76. The van der Waals surface area contributed by atoms with E-state index in [9.17, 15) is 4.79 Å². The molecule has 26 heavy (non-hydrogen) atoms. The number of nitrogens with zero attached hydrogens (tertiary/aromatic N) is 2. The van der Waals surface area contributed by atoms with Gasteiger partial charge in [0.2, 0.25) is 11.8 Å². The summed E-state index contributed by atoms with van der Waals surface area (Å²) in [6.07, 6.45) is 0.443. The number of carbonyl (C=O) groups is 1. The van der Waals surface area contributed by atoms with Crippen molar-refractivity contribution in [2.45, 2.75) is 6.42 Å². The minimum absolute atomic E-state index is 0.182. The number of aromatic nitrogens is 2. The Balaban J connectivity index is 1.55. The first-order valence-corrected chi connectivity index (χ1v) is 8.08. The fourth-order valence-corrected chi connectivity index (χ4v) is 2.35. The molecule has 1 heterocycles. The number of methoxy groups -OCH3 is 2. The van der Waals surface area contributed by atoms with Crippen molar-refractivity contribution in [3.8, 4) is 23.0 Å². The van der Waals surface area contributed by atoms with Crippen LogP contribution in [-0.4, -0.2) is 36.9 Å². The van der Waals surface area contributed by atoms with E-state index >= 15 is 0 Å². The number of amides is 1. The minimum Gasteiger partial charge on any atom is -0.497 e. The van der Waals surface area contributed by atoms with E-state index in [0.29, 0.717) is 36.1 Å². The van der Waals surface area contributed by atoms with Crippen LogP contribution in [0.25, 0.3) is 11.5 Å². The van der Waals surface area contributed by atoms with E-state index < -0.39 is 0 Å². The Kier molecular flexibility index (Phi) is 5.48. The van der Waals surface area contributed by atoms with Crippen molar-refractivity contribution < 1.29 is 18.7 Å². The predicted molar refractivity (Wildman–Crippen MR) is 95.3 cm³/mol. The van der Waals surface area contributed by atoms with Crippen LogP contribution in [0.1, 0.15) is 16.2 Å². The molecule has 0 aliphatic heterocycles. The zero-order chi connectivity index (χ0) is 18.4. The van der Waals surface area contributed by atoms with Gasteiger partial charge in [0.05, 0.1) is 14.2 Å². The molecule has 0 aliphatic carbocycles. The van der Waals surface area contributed by atoms with Gasteiger partial charge >= 0.3 is 0 Å². The molecule has 0 radical (unpaired) electrons. The average Bonchev–Trinajstić information content (AvgIpc) is 3.17. The molecule has 0 spiro atoms. The van der Waals surface area contributed by atoms with Crippen LogP contribution in [0.2, 0.25) is 0 Å². The monoisotopic (exact) mass is 353 g/mol. The van der Waals surface area contributed by atoms with Crippen LogP contribution in [0.15, 0.2) is 52.9 Å². The molecule has 0 bridgehead atoms. The minimum atomic E-state index is -0.182. The lowest BCUT2D eigenvalue weighted by Crippen LogP contribution is -2.25. The molecule has 1 aromatic heterocycles. The maximum atomic E-state index is 12.1. The van der Waals surface area contributed by atoms with E-state index in [4.69, 9.17) is 13.9 Å². The fraction of sp³-hybridized carbons (Fsp3) is 0.211. The van der Waals surface area contributed by atoms with E-state index in [1.165, 1.54) is 0 Å². The highest BCUT2D eigenvalue weighted by atomic mass is 16.5. The molecule has 3 aromatic rings. The third-order valence-corrected chi connectivity index (χ3v) is 3.76. The van der Waals surface area contributed by atoms with Gasteiger partial charge in [-0.1, -0.05) is 6.07 Å². The highest BCUT2D eigenvalue weighted by Crippen LogP contribution is 2.21. The van der Waals surface area contributed by atoms with Crippen LogP contribution in [0.5, 0.6) is 11.5 Å². The summed E-state index contributed by atoms with van der Waals surface area (Å²) in [7, 11) is 3.17. The average molecular weight is 353 g/mol. The topological polar surface area (TPSA) is 86.5 Å². The van der Waals surface area contributed by atoms with E-state index in [2.05, 4.69) is 15.5 Å². The van der Waals surface area contributed by atoms with Gasteiger partial charge in [-0.25, -0.2) is 0 Å². The maximum Gasteiger partial charge on any atom is 0.251 e. The van der Waals surface area contributed by atoms with Gasteiger partial charge < -0.3 is 19.2 Å². The lowest BCUT2D eigenvalue weighted by Gasteiger charge is -2.05. The molecular formula is C19H19N3O4. The molecule has 1 N–H and O–H groups in total. The zero-order valence-electron chi connectivity index (χ0n) is 14.6. The molecule has 0 saturated heterocycles. The summed E-state index contributed by atoms with van der Waals surface area (Å²) >= 11 is 0. The van der Waals surface area contributed by atoms with E-state index in [1.54, 1.807) is 38.5 Å². The van der Waals surface area contributed by atoms with Crippen molar-refractivity contribution in [3.63, 3.8) is 0 Å². The van der Waals surface area contributed by atoms with Crippen LogP contribution in [0, 0.1) is 0 Å². The molecule has 7 heteroatoms. The lowest BCUT2D eigenvalue weighted by atomic mass is 10.2. The number of benzene rings is 2. The Morgan fingerprint density at radius 1 is 1.04 bits per heavy atom. The van der Waals surface area contributed by atoms with Crippen molar-refractivity contribution in [1.82, 2.24) is 15.5 Å². The van der Waals surface area contributed by atoms with Crippen molar-refractivity contribution in [1.29, 1.82) is 0 Å². The number of rotatable bonds is 7. The van der Waals surface area contributed by atoms with Crippen LogP contribution < -0.4 is 14.8 Å². The maximum absolute atomic E-state index is 12.1. The fourth-order valence-electron chi connectivity index (χ4n) is 2.35. The Bertz CT molecular complexity index is 875. The summed E-state index contributed by atoms with van der Waals surface area (Å²) in [6.45, 7) is 0.389. The van der Waals surface area contributed by atoms with Gasteiger partial charge in [-0.15, -0.1) is 10.2 Å². The van der Waals surface area contributed by atoms with Crippen molar-refractivity contribution >= 4 is 5.91 Å². The van der Waals surface area contributed by atoms with Gasteiger partial charge in [-0.3, -0.25) is 4.79 Å². The second-order valence-electron chi connectivity index (χ2n) is 5.47. The van der Waals surface area contributed by atoms with Crippen LogP contribution in [0.3, 0.4) is 0 Å². The first kappa shape index (κ1) is 17.5. The quantitative estimate of drug-likeness (QED) is 0.703. The van der Waals surface area contributed by atoms with Gasteiger partial charge in [-0.2, -0.15) is 0 Å². The molecule has 2 aromatic carbocycles. The van der Waals surface area contributed by atoms with E-state index in [-0.39, 0.29) is 5.91 Å². The summed E-state index contributed by atoms with van der Waals surface area (Å²) in [6, 6.07) is 14.3. The highest BCUT2D eigenvalue weighted by molar-refractivity contribution is 5.94. The van der Waals surface area contributed by atoms with Crippen LogP contribution in [0.4, 0.5) is 0 Å². The summed E-state index contributed by atoms with van der Waals surface area (Å²) in [5.41, 5.74) is 1.35. The molecule has 0 unspecified atom stereocenters. The van der Waals surface area contributed by atoms with Crippen molar-refractivity contribution in [2.24, 2.45) is 0 Å². The van der Waals surface area contributed by atoms with Crippen LogP contribution >= 0.6 is 0 Å². The molecule has 0 saturated carbocycles. The number of hydrogen-bond donors (Lipinski definition) is 1. The van der Waals surface area contributed by atoms with Gasteiger partial charge in [-0.05, 0) is 42.5 Å². The van der Waals surface area contributed by atoms with Gasteiger partial charge in [0.25, 0.3) is 5.91 Å². The molecule has 134 valence electrons. The molecular weight excluding hydrogens is 334 g/mol. The normalized spacial score (nSPS) is 10.4. The summed E-state index contributed by atoms with van der Waals surface area (Å²) in [5.74, 6) is 2.11. The van der Waals surface area contributed by atoms with Crippen LogP contribution in [-0.2, 0) is 6.42 Å². The van der Waals surface area contributed by atoms with Gasteiger partial charge in [0.1, 0.15) is 11.5 Å². The molecule has 1 amide bonds. The smallest absolute Gasteiger partial charge is 0.251 e. The summed E-state index contributed by atoms with van der Waals surface area (Å²) in [4.78, 5) is 12.1.